The molecule has 24 heavy (non-hydrogen) atoms. The van der Waals surface area contributed by atoms with E-state index in [1.807, 2.05) is 30.0 Å². The van der Waals surface area contributed by atoms with E-state index in [2.05, 4.69) is 5.32 Å². The van der Waals surface area contributed by atoms with Crippen molar-refractivity contribution in [2.45, 2.75) is 19.9 Å². The summed E-state index contributed by atoms with van der Waals surface area (Å²) in [4.78, 5) is 40.8. The van der Waals surface area contributed by atoms with E-state index < -0.39 is 0 Å². The van der Waals surface area contributed by atoms with Crippen LogP contribution in [0.5, 0.6) is 0 Å². The lowest BCUT2D eigenvalue weighted by molar-refractivity contribution is -0.917. The number of anilines is 2. The minimum atomic E-state index is -0.252. The Balaban J connectivity index is 1.73. The number of hydrogen-bond donors (Lipinski definition) is 2. The molecule has 2 heterocycles. The largest absolute Gasteiger partial charge is 0.332 e. The first-order chi connectivity index (χ1) is 11.5. The second-order valence-corrected chi connectivity index (χ2v) is 6.38. The summed E-state index contributed by atoms with van der Waals surface area (Å²) in [7, 11) is 0. The number of amides is 3. The highest BCUT2D eigenvalue weighted by Crippen LogP contribution is 2.29. The third kappa shape index (κ3) is 3.12. The lowest BCUT2D eigenvalue weighted by atomic mass is 10.1. The Bertz CT molecular complexity index is 668. The Hall–Kier alpha value is -2.41. The number of rotatable bonds is 2. The van der Waals surface area contributed by atoms with E-state index in [4.69, 9.17) is 0 Å². The minimum absolute atomic E-state index is 0.0486. The van der Waals surface area contributed by atoms with E-state index >= 15 is 0 Å². The van der Waals surface area contributed by atoms with Crippen molar-refractivity contribution in [2.75, 3.05) is 42.9 Å². The Morgan fingerprint density at radius 2 is 1.88 bits per heavy atom. The zero-order chi connectivity index (χ0) is 17.3. The minimum Gasteiger partial charge on any atom is -0.332 e. The quantitative estimate of drug-likeness (QED) is 0.738. The van der Waals surface area contributed by atoms with Gasteiger partial charge in [-0.05, 0) is 19.1 Å². The molecule has 0 radical (unpaired) electrons. The zero-order valence-electron chi connectivity index (χ0n) is 14.0. The molecule has 1 atom stereocenters. The van der Waals surface area contributed by atoms with Gasteiger partial charge in [0.1, 0.15) is 6.54 Å². The monoisotopic (exact) mass is 331 g/mol. The molecule has 1 aromatic carbocycles. The fourth-order valence-corrected chi connectivity index (χ4v) is 3.38. The van der Waals surface area contributed by atoms with Crippen LogP contribution in [0.15, 0.2) is 24.3 Å². The van der Waals surface area contributed by atoms with Gasteiger partial charge in [0.05, 0.1) is 37.6 Å². The average Bonchev–Trinajstić information content (AvgIpc) is 2.59. The number of nitrogens with one attached hydrogen (secondary N) is 2. The molecule has 0 bridgehead atoms. The summed E-state index contributed by atoms with van der Waals surface area (Å²) in [6, 6.07) is 7.10. The number of hydrogen-bond acceptors (Lipinski definition) is 3. The van der Waals surface area contributed by atoms with Gasteiger partial charge in [-0.15, -0.1) is 0 Å². The molecule has 0 unspecified atom stereocenters. The first-order valence-corrected chi connectivity index (χ1v) is 8.27. The van der Waals surface area contributed by atoms with Crippen molar-refractivity contribution in [1.29, 1.82) is 0 Å². The van der Waals surface area contributed by atoms with Crippen LogP contribution in [0.4, 0.5) is 11.4 Å². The van der Waals surface area contributed by atoms with Gasteiger partial charge in [-0.1, -0.05) is 12.1 Å². The molecule has 3 amide bonds. The topological polar surface area (TPSA) is 74.2 Å². The molecule has 2 aliphatic rings. The van der Waals surface area contributed by atoms with Crippen LogP contribution in [0.25, 0.3) is 0 Å². The van der Waals surface area contributed by atoms with E-state index in [0.29, 0.717) is 18.8 Å². The van der Waals surface area contributed by atoms with Crippen molar-refractivity contribution in [2.24, 2.45) is 0 Å². The molecule has 0 spiro atoms. The summed E-state index contributed by atoms with van der Waals surface area (Å²) in [5.74, 6) is -0.149. The summed E-state index contributed by atoms with van der Waals surface area (Å²) < 4.78 is 0. The number of benzene rings is 1. The normalized spacial score (nSPS) is 19.5. The summed E-state index contributed by atoms with van der Waals surface area (Å²) in [5, 5.41) is 2.80. The summed E-state index contributed by atoms with van der Waals surface area (Å²) in [5.41, 5.74) is 1.42. The number of para-hydroxylation sites is 2. The number of carbonyl (C=O) groups excluding carboxylic acids is 3. The Morgan fingerprint density at radius 1 is 1.21 bits per heavy atom. The predicted octanol–water partition coefficient (Wildman–Crippen LogP) is -0.893. The molecule has 2 N–H and O–H groups in total. The molecule has 2 aliphatic heterocycles. The smallest absolute Gasteiger partial charge is 0.285 e. The lowest BCUT2D eigenvalue weighted by Crippen LogP contribution is -3.19. The average molecular weight is 331 g/mol. The van der Waals surface area contributed by atoms with Crippen LogP contribution in [0, 0.1) is 0 Å². The van der Waals surface area contributed by atoms with Gasteiger partial charge in [-0.2, -0.15) is 0 Å². The fourth-order valence-electron chi connectivity index (χ4n) is 3.38. The first kappa shape index (κ1) is 16.4. The molecule has 1 aromatic rings. The second-order valence-electron chi connectivity index (χ2n) is 6.38. The molecule has 7 nitrogen and oxygen atoms in total. The van der Waals surface area contributed by atoms with Crippen LogP contribution in [0.2, 0.25) is 0 Å². The molecule has 7 heteroatoms. The molecule has 3 rings (SSSR count). The van der Waals surface area contributed by atoms with E-state index in [1.54, 1.807) is 17.9 Å². The molecule has 128 valence electrons. The highest BCUT2D eigenvalue weighted by atomic mass is 16.2. The van der Waals surface area contributed by atoms with Gasteiger partial charge in [-0.25, -0.2) is 0 Å². The molecule has 0 saturated carbocycles. The van der Waals surface area contributed by atoms with Gasteiger partial charge in [0.15, 0.2) is 6.04 Å². The van der Waals surface area contributed by atoms with Crippen molar-refractivity contribution >= 4 is 29.1 Å². The van der Waals surface area contributed by atoms with Gasteiger partial charge in [0.25, 0.3) is 5.91 Å². The van der Waals surface area contributed by atoms with E-state index in [0.717, 1.165) is 23.7 Å². The summed E-state index contributed by atoms with van der Waals surface area (Å²) >= 11 is 0. The van der Waals surface area contributed by atoms with Crippen LogP contribution < -0.4 is 15.1 Å². The highest BCUT2D eigenvalue weighted by molar-refractivity contribution is 6.10. The SMILES string of the molecule is CC(=O)N1CC[NH+]([C@@H](C)C(=O)N2CC(=O)Nc3ccccc32)CC1. The van der Waals surface area contributed by atoms with Gasteiger partial charge in [0, 0.05) is 6.92 Å². The van der Waals surface area contributed by atoms with Crippen molar-refractivity contribution < 1.29 is 19.3 Å². The first-order valence-electron chi connectivity index (χ1n) is 8.27. The highest BCUT2D eigenvalue weighted by Gasteiger charge is 2.36. The van der Waals surface area contributed by atoms with Gasteiger partial charge < -0.3 is 15.1 Å². The van der Waals surface area contributed by atoms with Crippen molar-refractivity contribution in [1.82, 2.24) is 4.90 Å². The number of carbonyl (C=O) groups is 3. The number of quaternary nitrogens is 1. The number of piperazine rings is 1. The number of fused-ring (bicyclic) bond motifs is 1. The Morgan fingerprint density at radius 3 is 2.54 bits per heavy atom. The molecule has 0 aliphatic carbocycles. The third-order valence-electron chi connectivity index (χ3n) is 4.87. The zero-order valence-corrected chi connectivity index (χ0v) is 14.0. The molecular weight excluding hydrogens is 308 g/mol. The van der Waals surface area contributed by atoms with Crippen LogP contribution in [0.1, 0.15) is 13.8 Å². The molecule has 1 fully saturated rings. The maximum Gasteiger partial charge on any atom is 0.285 e. The second kappa shape index (κ2) is 6.60. The molecular formula is C17H23N4O3+. The van der Waals surface area contributed by atoms with Crippen molar-refractivity contribution in [3.63, 3.8) is 0 Å². The van der Waals surface area contributed by atoms with Crippen LogP contribution in [-0.4, -0.2) is 61.4 Å². The van der Waals surface area contributed by atoms with Crippen LogP contribution in [0.3, 0.4) is 0 Å². The lowest BCUT2D eigenvalue weighted by Gasteiger charge is -2.37. The van der Waals surface area contributed by atoms with Crippen molar-refractivity contribution in [3.05, 3.63) is 24.3 Å². The van der Waals surface area contributed by atoms with Gasteiger partial charge >= 0.3 is 0 Å². The van der Waals surface area contributed by atoms with Crippen molar-refractivity contribution in [3.8, 4) is 0 Å². The molecule has 0 aromatic heterocycles. The van der Waals surface area contributed by atoms with Gasteiger partial charge in [-0.3, -0.25) is 19.3 Å². The third-order valence-corrected chi connectivity index (χ3v) is 4.87. The maximum atomic E-state index is 13.0. The van der Waals surface area contributed by atoms with Gasteiger partial charge in [0.2, 0.25) is 11.8 Å². The Labute approximate surface area is 141 Å². The van der Waals surface area contributed by atoms with Crippen LogP contribution >= 0.6 is 0 Å². The van der Waals surface area contributed by atoms with E-state index in [-0.39, 0.29) is 30.3 Å². The number of nitrogens with zero attached hydrogens (tertiary/aromatic N) is 2. The maximum absolute atomic E-state index is 13.0. The standard InChI is InChI=1S/C17H22N4O3/c1-12(19-7-9-20(10-8-19)13(2)22)17(24)21-11-16(23)18-14-5-3-4-6-15(14)21/h3-6,12H,7-11H2,1-2H3,(H,18,23)/p+1/t12-/m0/s1. The summed E-state index contributed by atoms with van der Waals surface area (Å²) in [6.45, 7) is 6.34. The summed E-state index contributed by atoms with van der Waals surface area (Å²) in [6.07, 6.45) is 0. The molecule has 1 saturated heterocycles. The Kier molecular flexibility index (Phi) is 4.53. The predicted molar refractivity (Wildman–Crippen MR) is 89.8 cm³/mol. The van der Waals surface area contributed by atoms with E-state index in [1.165, 1.54) is 0 Å². The fraction of sp³-hybridized carbons (Fsp3) is 0.471. The van der Waals surface area contributed by atoms with E-state index in [9.17, 15) is 14.4 Å². The van der Waals surface area contributed by atoms with Crippen LogP contribution in [-0.2, 0) is 14.4 Å².